The Morgan fingerprint density at radius 1 is 1.48 bits per heavy atom. The summed E-state index contributed by atoms with van der Waals surface area (Å²) >= 11 is 0. The fourth-order valence-corrected chi connectivity index (χ4v) is 2.34. The van der Waals surface area contributed by atoms with Crippen molar-refractivity contribution in [2.75, 3.05) is 31.1 Å². The first-order valence-electron chi connectivity index (χ1n) is 7.35. The van der Waals surface area contributed by atoms with Gasteiger partial charge in [-0.25, -0.2) is 0 Å². The number of carbonyl (C=O) groups is 1. The molecule has 0 aromatic heterocycles. The molecule has 1 atom stereocenters. The van der Waals surface area contributed by atoms with Gasteiger partial charge in [-0.15, -0.1) is 0 Å². The molecule has 128 valence electrons. The van der Waals surface area contributed by atoms with Crippen LogP contribution in [0.3, 0.4) is 0 Å². The number of ether oxygens (including phenoxy) is 1. The van der Waals surface area contributed by atoms with Crippen LogP contribution in [0.15, 0.2) is 18.2 Å². The highest BCUT2D eigenvalue weighted by Crippen LogP contribution is 2.39. The van der Waals surface area contributed by atoms with Crippen molar-refractivity contribution in [3.63, 3.8) is 0 Å². The van der Waals surface area contributed by atoms with Gasteiger partial charge in [-0.05, 0) is 24.6 Å². The zero-order valence-electron chi connectivity index (χ0n) is 12.7. The van der Waals surface area contributed by atoms with Gasteiger partial charge in [-0.3, -0.25) is 4.79 Å². The maximum Gasteiger partial charge on any atom is 0.416 e. The molecule has 0 saturated carbocycles. The Kier molecular flexibility index (Phi) is 5.35. The summed E-state index contributed by atoms with van der Waals surface area (Å²) in [6, 6.07) is 3.11. The van der Waals surface area contributed by atoms with Gasteiger partial charge in [0.1, 0.15) is 11.9 Å². The Balaban J connectivity index is 2.26. The number of hydrogen-bond donors (Lipinski definition) is 2. The van der Waals surface area contributed by atoms with E-state index in [1.165, 1.54) is 11.0 Å². The zero-order valence-corrected chi connectivity index (χ0v) is 12.7. The number of fused-ring (bicyclic) bond motifs is 1. The fraction of sp³-hybridized carbons (Fsp3) is 0.533. The molecule has 0 fully saturated rings. The molecule has 5 nitrogen and oxygen atoms in total. The molecular weight excluding hydrogens is 313 g/mol. The van der Waals surface area contributed by atoms with Crippen LogP contribution in [0.5, 0.6) is 5.75 Å². The minimum atomic E-state index is -4.47. The average Bonchev–Trinajstić information content (AvgIpc) is 2.51. The second kappa shape index (κ2) is 7.08. The molecule has 0 saturated heterocycles. The molecule has 1 aromatic carbocycles. The lowest BCUT2D eigenvalue weighted by Gasteiger charge is -2.35. The Hall–Kier alpha value is -1.96. The highest BCUT2D eigenvalue weighted by molar-refractivity contribution is 5.82. The number of aliphatic hydroxyl groups excluding tert-OH is 1. The van der Waals surface area contributed by atoms with Crippen molar-refractivity contribution < 1.29 is 27.8 Å². The molecule has 1 aromatic rings. The molecule has 8 heteroatoms. The lowest BCUT2D eigenvalue weighted by Crippen LogP contribution is -2.46. The number of nitrogens with one attached hydrogen (secondary N) is 1. The van der Waals surface area contributed by atoms with E-state index in [2.05, 4.69) is 5.32 Å². The van der Waals surface area contributed by atoms with E-state index in [1.807, 2.05) is 6.92 Å². The summed E-state index contributed by atoms with van der Waals surface area (Å²) in [5.41, 5.74) is -0.600. The van der Waals surface area contributed by atoms with Crippen LogP contribution in [-0.4, -0.2) is 43.4 Å². The summed E-state index contributed by atoms with van der Waals surface area (Å²) in [4.78, 5) is 13.4. The van der Waals surface area contributed by atoms with Crippen LogP contribution in [0.25, 0.3) is 0 Å². The summed E-state index contributed by atoms with van der Waals surface area (Å²) in [6.45, 7) is 2.18. The van der Waals surface area contributed by atoms with Crippen molar-refractivity contribution in [2.24, 2.45) is 0 Å². The number of alkyl halides is 3. The molecule has 0 spiro atoms. The molecule has 2 rings (SSSR count). The second-order valence-electron chi connectivity index (χ2n) is 5.33. The number of nitrogens with zero attached hydrogens (tertiary/aromatic N) is 1. The van der Waals surface area contributed by atoms with Gasteiger partial charge in [0.15, 0.2) is 0 Å². The van der Waals surface area contributed by atoms with Crippen molar-refractivity contribution in [1.29, 1.82) is 0 Å². The van der Waals surface area contributed by atoms with E-state index in [0.29, 0.717) is 6.54 Å². The fourth-order valence-electron chi connectivity index (χ4n) is 2.34. The van der Waals surface area contributed by atoms with Crippen LogP contribution in [0.2, 0.25) is 0 Å². The molecule has 1 aliphatic heterocycles. The van der Waals surface area contributed by atoms with Gasteiger partial charge < -0.3 is 20.1 Å². The number of carbonyl (C=O) groups excluding carboxylic acids is 1. The molecule has 0 aliphatic carbocycles. The molecule has 1 unspecified atom stereocenters. The molecule has 23 heavy (non-hydrogen) atoms. The minimum absolute atomic E-state index is 0.0891. The van der Waals surface area contributed by atoms with Gasteiger partial charge in [-0.1, -0.05) is 6.92 Å². The maximum absolute atomic E-state index is 12.9. The van der Waals surface area contributed by atoms with E-state index in [1.54, 1.807) is 0 Å². The first-order chi connectivity index (χ1) is 10.8. The van der Waals surface area contributed by atoms with E-state index < -0.39 is 17.8 Å². The van der Waals surface area contributed by atoms with Crippen molar-refractivity contribution >= 4 is 11.6 Å². The molecule has 1 aliphatic rings. The normalized spacial score (nSPS) is 17.4. The maximum atomic E-state index is 12.9. The molecular formula is C15H19F3N2O3. The van der Waals surface area contributed by atoms with E-state index in [0.717, 1.165) is 18.6 Å². The molecule has 1 amide bonds. The van der Waals surface area contributed by atoms with Gasteiger partial charge in [0.2, 0.25) is 5.91 Å². The van der Waals surface area contributed by atoms with Crippen LogP contribution in [-0.2, 0) is 11.0 Å². The van der Waals surface area contributed by atoms with E-state index in [9.17, 15) is 23.1 Å². The monoisotopic (exact) mass is 332 g/mol. The van der Waals surface area contributed by atoms with Crippen LogP contribution in [0.1, 0.15) is 18.9 Å². The predicted octanol–water partition coefficient (Wildman–Crippen LogP) is 1.79. The second-order valence-corrected chi connectivity index (χ2v) is 5.33. The predicted molar refractivity (Wildman–Crippen MR) is 78.5 cm³/mol. The Bertz CT molecular complexity index is 563. The lowest BCUT2D eigenvalue weighted by molar-refractivity contribution is -0.137. The highest BCUT2D eigenvalue weighted by Gasteiger charge is 2.34. The van der Waals surface area contributed by atoms with E-state index in [4.69, 9.17) is 4.74 Å². The van der Waals surface area contributed by atoms with Gasteiger partial charge in [-0.2, -0.15) is 13.2 Å². The summed E-state index contributed by atoms with van der Waals surface area (Å²) < 4.78 is 44.1. The number of rotatable bonds is 5. The summed E-state index contributed by atoms with van der Waals surface area (Å²) in [5, 5.41) is 11.9. The Morgan fingerprint density at radius 2 is 2.22 bits per heavy atom. The standard InChI is InChI=1S/C15H19F3N2O3/c1-2-5-19-14(22)8-20-7-11(9-21)23-13-4-3-10(6-12(13)20)15(16,17)18/h3-4,6,11,21H,2,5,7-9H2,1H3,(H,19,22). The van der Waals surface area contributed by atoms with E-state index >= 15 is 0 Å². The van der Waals surface area contributed by atoms with Crippen molar-refractivity contribution in [3.05, 3.63) is 23.8 Å². The van der Waals surface area contributed by atoms with Gasteiger partial charge in [0, 0.05) is 6.54 Å². The highest BCUT2D eigenvalue weighted by atomic mass is 19.4. The van der Waals surface area contributed by atoms with Crippen LogP contribution >= 0.6 is 0 Å². The number of aliphatic hydroxyl groups is 1. The van der Waals surface area contributed by atoms with Crippen molar-refractivity contribution in [1.82, 2.24) is 5.32 Å². The number of benzene rings is 1. The Morgan fingerprint density at radius 3 is 2.83 bits per heavy atom. The molecule has 0 radical (unpaired) electrons. The summed E-state index contributed by atoms with van der Waals surface area (Å²) in [5.74, 6) is -0.0552. The number of amides is 1. The number of halogens is 3. The summed E-state index contributed by atoms with van der Waals surface area (Å²) in [6.07, 6.45) is -4.29. The minimum Gasteiger partial charge on any atom is -0.484 e. The zero-order chi connectivity index (χ0) is 17.0. The van der Waals surface area contributed by atoms with E-state index in [-0.39, 0.29) is 37.0 Å². The quantitative estimate of drug-likeness (QED) is 0.863. The third-order valence-electron chi connectivity index (χ3n) is 3.45. The Labute approximate surface area is 132 Å². The third kappa shape index (κ3) is 4.28. The molecule has 0 bridgehead atoms. The topological polar surface area (TPSA) is 61.8 Å². The molecule has 2 N–H and O–H groups in total. The molecule has 1 heterocycles. The van der Waals surface area contributed by atoms with Crippen LogP contribution in [0.4, 0.5) is 18.9 Å². The van der Waals surface area contributed by atoms with Gasteiger partial charge >= 0.3 is 6.18 Å². The smallest absolute Gasteiger partial charge is 0.416 e. The number of anilines is 1. The van der Waals surface area contributed by atoms with Crippen LogP contribution in [0, 0.1) is 0 Å². The largest absolute Gasteiger partial charge is 0.484 e. The first kappa shape index (κ1) is 17.4. The van der Waals surface area contributed by atoms with Crippen molar-refractivity contribution in [2.45, 2.75) is 25.6 Å². The third-order valence-corrected chi connectivity index (χ3v) is 3.45. The van der Waals surface area contributed by atoms with Crippen LogP contribution < -0.4 is 15.0 Å². The summed E-state index contributed by atoms with van der Waals surface area (Å²) in [7, 11) is 0. The number of hydrogen-bond acceptors (Lipinski definition) is 4. The van der Waals surface area contributed by atoms with Crippen molar-refractivity contribution in [3.8, 4) is 5.75 Å². The first-order valence-corrected chi connectivity index (χ1v) is 7.35. The van der Waals surface area contributed by atoms with Gasteiger partial charge in [0.25, 0.3) is 0 Å². The lowest BCUT2D eigenvalue weighted by atomic mass is 10.1. The average molecular weight is 332 g/mol. The SMILES string of the molecule is CCCNC(=O)CN1CC(CO)Oc2ccc(C(F)(F)F)cc21. The van der Waals surface area contributed by atoms with Gasteiger partial charge in [0.05, 0.1) is 30.9 Å².